The third-order valence-electron chi connectivity index (χ3n) is 5.69. The molecule has 2 N–H and O–H groups in total. The van der Waals surface area contributed by atoms with Gasteiger partial charge in [0.1, 0.15) is 22.9 Å². The molecule has 2 aromatic rings. The highest BCUT2D eigenvalue weighted by Crippen LogP contribution is 2.44. The number of amides is 1. The fourth-order valence-electron chi connectivity index (χ4n) is 3.82. The van der Waals surface area contributed by atoms with Gasteiger partial charge >= 0.3 is 0 Å². The Morgan fingerprint density at radius 2 is 2.00 bits per heavy atom. The van der Waals surface area contributed by atoms with Crippen LogP contribution in [-0.2, 0) is 15.1 Å². The van der Waals surface area contributed by atoms with Crippen LogP contribution in [0.15, 0.2) is 47.5 Å². The first-order valence-electron chi connectivity index (χ1n) is 10.6. The van der Waals surface area contributed by atoms with E-state index in [1.165, 1.54) is 42.4 Å². The van der Waals surface area contributed by atoms with Crippen molar-refractivity contribution in [3.8, 4) is 17.6 Å². The first-order chi connectivity index (χ1) is 15.4. The zero-order valence-electron chi connectivity index (χ0n) is 17.9. The lowest BCUT2D eigenvalue weighted by Crippen LogP contribution is -2.58. The number of guanidine groups is 1. The normalized spacial score (nSPS) is 23.8. The number of benzene rings is 2. The molecule has 1 amide bonds. The van der Waals surface area contributed by atoms with Crippen LogP contribution in [0.3, 0.4) is 0 Å². The lowest BCUT2D eigenvalue weighted by atomic mass is 9.74. The van der Waals surface area contributed by atoms with Crippen molar-refractivity contribution >= 4 is 11.9 Å². The van der Waals surface area contributed by atoms with Crippen LogP contribution in [0.4, 0.5) is 4.39 Å². The van der Waals surface area contributed by atoms with Gasteiger partial charge in [0, 0.05) is 19.2 Å². The molecule has 0 spiro atoms. The van der Waals surface area contributed by atoms with Crippen molar-refractivity contribution in [1.29, 1.82) is 5.26 Å². The number of carbonyl (C=O) groups is 1. The van der Waals surface area contributed by atoms with Gasteiger partial charge in [-0.05, 0) is 42.8 Å². The van der Waals surface area contributed by atoms with E-state index in [2.05, 4.69) is 4.99 Å². The largest absolute Gasteiger partial charge is 0.457 e. The number of hydrogen-bond donors (Lipinski definition) is 1. The second-order valence-corrected chi connectivity index (χ2v) is 8.13. The molecule has 2 heterocycles. The predicted molar refractivity (Wildman–Crippen MR) is 116 cm³/mol. The van der Waals surface area contributed by atoms with Crippen LogP contribution >= 0.6 is 0 Å². The average Bonchev–Trinajstić information content (AvgIpc) is 3.69. The summed E-state index contributed by atoms with van der Waals surface area (Å²) in [7, 11) is 1.55. The number of nitriles is 1. The molecule has 1 saturated carbocycles. The molecular formula is C24H25FN4O3. The highest BCUT2D eigenvalue weighted by molar-refractivity contribution is 6.00. The summed E-state index contributed by atoms with van der Waals surface area (Å²) in [5.41, 5.74) is 5.35. The number of carbonyl (C=O) groups excluding carboxylic acids is 1. The molecule has 2 unspecified atom stereocenters. The van der Waals surface area contributed by atoms with Gasteiger partial charge in [-0.3, -0.25) is 9.69 Å². The monoisotopic (exact) mass is 436 g/mol. The summed E-state index contributed by atoms with van der Waals surface area (Å²) in [6, 6.07) is 13.0. The Morgan fingerprint density at radius 3 is 2.72 bits per heavy atom. The number of hydrogen-bond acceptors (Lipinski definition) is 6. The first kappa shape index (κ1) is 21.8. The molecule has 3 aliphatic rings. The maximum atomic E-state index is 14.9. The standard InChI is InChI=1S/C21H19FN4O3.C3H6/c1-26-19(27)16-7-8-28-12-21(16,25-20(26)24)17-10-15(5-6-18(17)22)29-14-4-2-3-13(9-14)11-23;1-2-3-1/h2-6,9-10,16H,7-8,12H2,1H3,(H2,24,25);1-3H2. The van der Waals surface area contributed by atoms with Gasteiger partial charge in [-0.1, -0.05) is 25.3 Å². The lowest BCUT2D eigenvalue weighted by molar-refractivity contribution is -0.140. The minimum atomic E-state index is -1.25. The maximum absolute atomic E-state index is 14.9. The summed E-state index contributed by atoms with van der Waals surface area (Å²) in [6.45, 7) is 0.433. The topological polar surface area (TPSA) is 101 Å². The van der Waals surface area contributed by atoms with Crippen molar-refractivity contribution in [2.24, 2.45) is 16.6 Å². The van der Waals surface area contributed by atoms with Gasteiger partial charge in [0.15, 0.2) is 5.96 Å². The molecule has 2 aliphatic heterocycles. The Bertz CT molecular complexity index is 1090. The summed E-state index contributed by atoms with van der Waals surface area (Å²) >= 11 is 0. The fraction of sp³-hybridized carbons (Fsp3) is 0.375. The molecular weight excluding hydrogens is 411 g/mol. The number of rotatable bonds is 3. The van der Waals surface area contributed by atoms with E-state index in [1.807, 2.05) is 6.07 Å². The number of ether oxygens (including phenoxy) is 2. The minimum Gasteiger partial charge on any atom is -0.457 e. The van der Waals surface area contributed by atoms with Gasteiger partial charge in [-0.25, -0.2) is 9.38 Å². The third kappa shape index (κ3) is 4.30. The van der Waals surface area contributed by atoms with Crippen molar-refractivity contribution in [3.05, 3.63) is 59.4 Å². The number of fused-ring (bicyclic) bond motifs is 1. The second kappa shape index (κ2) is 8.97. The minimum absolute atomic E-state index is 0.0178. The highest BCUT2D eigenvalue weighted by Gasteiger charge is 2.52. The van der Waals surface area contributed by atoms with Crippen LogP contribution in [0.1, 0.15) is 36.8 Å². The van der Waals surface area contributed by atoms with Gasteiger partial charge in [0.2, 0.25) is 5.91 Å². The maximum Gasteiger partial charge on any atom is 0.235 e. The lowest BCUT2D eigenvalue weighted by Gasteiger charge is -2.45. The molecule has 0 bridgehead atoms. The number of nitrogens with two attached hydrogens (primary N) is 1. The van der Waals surface area contributed by atoms with Crippen LogP contribution in [-0.4, -0.2) is 37.0 Å². The van der Waals surface area contributed by atoms with Gasteiger partial charge in [-0.15, -0.1) is 0 Å². The molecule has 7 nitrogen and oxygen atoms in total. The quantitative estimate of drug-likeness (QED) is 0.791. The van der Waals surface area contributed by atoms with E-state index >= 15 is 0 Å². The smallest absolute Gasteiger partial charge is 0.235 e. The molecule has 166 valence electrons. The van der Waals surface area contributed by atoms with Crippen LogP contribution in [0, 0.1) is 23.1 Å². The Balaban J connectivity index is 0.000000754. The Hall–Kier alpha value is -3.44. The van der Waals surface area contributed by atoms with E-state index in [4.69, 9.17) is 20.5 Å². The molecule has 2 atom stereocenters. The molecule has 5 rings (SSSR count). The Morgan fingerprint density at radius 1 is 1.25 bits per heavy atom. The van der Waals surface area contributed by atoms with Crippen LogP contribution < -0.4 is 10.5 Å². The fourth-order valence-corrected chi connectivity index (χ4v) is 3.82. The van der Waals surface area contributed by atoms with Crippen molar-refractivity contribution in [3.63, 3.8) is 0 Å². The summed E-state index contributed by atoms with van der Waals surface area (Å²) in [5, 5.41) is 9.05. The van der Waals surface area contributed by atoms with Crippen molar-refractivity contribution in [2.45, 2.75) is 31.2 Å². The molecule has 0 radical (unpaired) electrons. The second-order valence-electron chi connectivity index (χ2n) is 8.13. The Labute approximate surface area is 186 Å². The van der Waals surface area contributed by atoms with E-state index in [0.29, 0.717) is 30.1 Å². The molecule has 1 aliphatic carbocycles. The summed E-state index contributed by atoms with van der Waals surface area (Å²) in [6.07, 6.45) is 4.91. The number of halogens is 1. The molecule has 1 saturated heterocycles. The summed E-state index contributed by atoms with van der Waals surface area (Å²) < 4.78 is 26.4. The molecule has 2 aromatic carbocycles. The van der Waals surface area contributed by atoms with Crippen LogP contribution in [0.2, 0.25) is 0 Å². The third-order valence-corrected chi connectivity index (χ3v) is 5.69. The first-order valence-corrected chi connectivity index (χ1v) is 10.6. The molecule has 2 fully saturated rings. The predicted octanol–water partition coefficient (Wildman–Crippen LogP) is 3.68. The van der Waals surface area contributed by atoms with E-state index in [-0.39, 0.29) is 24.0 Å². The number of nitrogens with zero attached hydrogens (tertiary/aromatic N) is 3. The number of aliphatic imine (C=N–C) groups is 1. The summed E-state index contributed by atoms with van der Waals surface area (Å²) in [4.78, 5) is 18.6. The van der Waals surface area contributed by atoms with Crippen molar-refractivity contribution in [2.75, 3.05) is 20.3 Å². The zero-order chi connectivity index (χ0) is 22.7. The highest BCUT2D eigenvalue weighted by atomic mass is 19.1. The Kier molecular flexibility index (Phi) is 6.10. The van der Waals surface area contributed by atoms with E-state index < -0.39 is 17.3 Å². The van der Waals surface area contributed by atoms with Gasteiger partial charge in [0.25, 0.3) is 0 Å². The van der Waals surface area contributed by atoms with Crippen LogP contribution in [0.25, 0.3) is 0 Å². The van der Waals surface area contributed by atoms with Crippen molar-refractivity contribution < 1.29 is 18.7 Å². The van der Waals surface area contributed by atoms with Crippen LogP contribution in [0.5, 0.6) is 11.5 Å². The zero-order valence-corrected chi connectivity index (χ0v) is 17.9. The van der Waals surface area contributed by atoms with Gasteiger partial charge in [-0.2, -0.15) is 5.26 Å². The van der Waals surface area contributed by atoms with E-state index in [9.17, 15) is 9.18 Å². The summed E-state index contributed by atoms with van der Waals surface area (Å²) in [5.74, 6) is -0.501. The van der Waals surface area contributed by atoms with Crippen molar-refractivity contribution in [1.82, 2.24) is 4.90 Å². The SMILES string of the molecule is C1CC1.CN1C(=O)C2CCOCC2(c2cc(Oc3cccc(C#N)c3)ccc2F)N=C1N. The van der Waals surface area contributed by atoms with Gasteiger partial charge in [0.05, 0.1) is 24.2 Å². The van der Waals surface area contributed by atoms with Gasteiger partial charge < -0.3 is 15.2 Å². The van der Waals surface area contributed by atoms with E-state index in [1.54, 1.807) is 31.3 Å². The molecule has 32 heavy (non-hydrogen) atoms. The van der Waals surface area contributed by atoms with E-state index in [0.717, 1.165) is 0 Å². The average molecular weight is 436 g/mol. The molecule has 8 heteroatoms. The molecule has 0 aromatic heterocycles.